The molecule has 3 heterocycles. The molecule has 1 spiro atoms. The lowest BCUT2D eigenvalue weighted by Crippen LogP contribution is -2.48. The molecule has 26 heavy (non-hydrogen) atoms. The molecule has 0 radical (unpaired) electrons. The summed E-state index contributed by atoms with van der Waals surface area (Å²) in [6, 6.07) is 0. The number of carbonyl (C=O) groups is 2. The highest BCUT2D eigenvalue weighted by Crippen LogP contribution is 2.43. The van der Waals surface area contributed by atoms with Crippen molar-refractivity contribution in [3.05, 3.63) is 17.5 Å². The number of hydrogen-bond donors (Lipinski definition) is 1. The minimum Gasteiger partial charge on any atom is -0.343 e. The molecule has 1 atom stereocenters. The maximum Gasteiger partial charge on any atom is 0.223 e. The van der Waals surface area contributed by atoms with E-state index in [4.69, 9.17) is 0 Å². The fourth-order valence-corrected chi connectivity index (χ4v) is 5.06. The number of hydrogen-bond acceptors (Lipinski definition) is 3. The molecule has 2 amide bonds. The molecule has 1 N–H and O–H groups in total. The first kappa shape index (κ1) is 17.6. The zero-order valence-corrected chi connectivity index (χ0v) is 15.6. The molecular formula is C20H30N4O2. The van der Waals surface area contributed by atoms with Crippen molar-refractivity contribution in [1.29, 1.82) is 0 Å². The van der Waals surface area contributed by atoms with E-state index in [1.807, 2.05) is 16.0 Å². The Morgan fingerprint density at radius 2 is 1.65 bits per heavy atom. The number of likely N-dealkylation sites (tertiary alicyclic amines) is 2. The van der Waals surface area contributed by atoms with Gasteiger partial charge in [-0.1, -0.05) is 12.8 Å². The lowest BCUT2D eigenvalue weighted by Gasteiger charge is -2.40. The van der Waals surface area contributed by atoms with E-state index in [1.165, 1.54) is 24.1 Å². The van der Waals surface area contributed by atoms with Gasteiger partial charge in [0.1, 0.15) is 0 Å². The summed E-state index contributed by atoms with van der Waals surface area (Å²) in [6.45, 7) is 3.33. The first-order chi connectivity index (χ1) is 12.7. The van der Waals surface area contributed by atoms with E-state index in [1.54, 1.807) is 0 Å². The van der Waals surface area contributed by atoms with Gasteiger partial charge >= 0.3 is 0 Å². The number of H-pyrrole nitrogens is 1. The number of nitrogens with zero attached hydrogens (tertiary/aromatic N) is 3. The van der Waals surface area contributed by atoms with E-state index in [2.05, 4.69) is 10.2 Å². The van der Waals surface area contributed by atoms with Crippen LogP contribution in [0, 0.1) is 0 Å². The summed E-state index contributed by atoms with van der Waals surface area (Å²) < 4.78 is 0. The maximum atomic E-state index is 12.8. The number of aromatic amines is 1. The zero-order valence-electron chi connectivity index (χ0n) is 15.6. The molecule has 142 valence electrons. The van der Waals surface area contributed by atoms with Crippen molar-refractivity contribution < 1.29 is 9.59 Å². The van der Waals surface area contributed by atoms with Crippen LogP contribution in [0.2, 0.25) is 0 Å². The fraction of sp³-hybridized carbons (Fsp3) is 0.750. The topological polar surface area (TPSA) is 69.3 Å². The number of rotatable bonds is 3. The molecule has 6 nitrogen and oxygen atoms in total. The van der Waals surface area contributed by atoms with Crippen LogP contribution < -0.4 is 0 Å². The summed E-state index contributed by atoms with van der Waals surface area (Å²) >= 11 is 0. The molecule has 0 bridgehead atoms. The summed E-state index contributed by atoms with van der Waals surface area (Å²) in [5, 5.41) is 7.39. The normalized spacial score (nSPS) is 26.0. The van der Waals surface area contributed by atoms with Gasteiger partial charge in [0.05, 0.1) is 6.20 Å². The molecule has 1 aromatic heterocycles. The van der Waals surface area contributed by atoms with E-state index in [0.29, 0.717) is 12.8 Å². The Hall–Kier alpha value is -1.85. The molecule has 2 fully saturated rings. The fourth-order valence-electron chi connectivity index (χ4n) is 5.06. The summed E-state index contributed by atoms with van der Waals surface area (Å²) in [7, 11) is 0. The maximum absolute atomic E-state index is 12.8. The van der Waals surface area contributed by atoms with Crippen LogP contribution in [-0.2, 0) is 21.4 Å². The molecular weight excluding hydrogens is 328 g/mol. The van der Waals surface area contributed by atoms with Gasteiger partial charge in [0, 0.05) is 50.1 Å². The van der Waals surface area contributed by atoms with Gasteiger partial charge in [-0.15, -0.1) is 0 Å². The second-order valence-corrected chi connectivity index (χ2v) is 8.26. The molecule has 6 heteroatoms. The molecule has 2 aliphatic heterocycles. The summed E-state index contributed by atoms with van der Waals surface area (Å²) in [6.07, 6.45) is 11.6. The largest absolute Gasteiger partial charge is 0.343 e. The first-order valence-electron chi connectivity index (χ1n) is 10.3. The van der Waals surface area contributed by atoms with Crippen LogP contribution in [0.15, 0.2) is 6.20 Å². The van der Waals surface area contributed by atoms with Crippen molar-refractivity contribution in [3.63, 3.8) is 0 Å². The number of piperidine rings is 1. The third-order valence-corrected chi connectivity index (χ3v) is 6.56. The van der Waals surface area contributed by atoms with Crippen molar-refractivity contribution in [1.82, 2.24) is 20.0 Å². The number of nitrogens with one attached hydrogen (secondary N) is 1. The van der Waals surface area contributed by atoms with Crippen LogP contribution in [0.4, 0.5) is 0 Å². The number of aromatic nitrogens is 2. The number of aryl methyl sites for hydroxylation is 1. The number of amides is 2. The van der Waals surface area contributed by atoms with Crippen LogP contribution in [0.5, 0.6) is 0 Å². The third-order valence-electron chi connectivity index (χ3n) is 6.56. The second-order valence-electron chi connectivity index (χ2n) is 8.26. The van der Waals surface area contributed by atoms with Crippen LogP contribution in [0.25, 0.3) is 0 Å². The molecule has 0 saturated carbocycles. The Balaban J connectivity index is 1.33. The van der Waals surface area contributed by atoms with Crippen molar-refractivity contribution in [2.75, 3.05) is 26.2 Å². The van der Waals surface area contributed by atoms with Crippen LogP contribution in [0.3, 0.4) is 0 Å². The van der Waals surface area contributed by atoms with E-state index >= 15 is 0 Å². The van der Waals surface area contributed by atoms with Gasteiger partial charge in [0.15, 0.2) is 0 Å². The molecule has 0 aromatic carbocycles. The highest BCUT2D eigenvalue weighted by molar-refractivity contribution is 5.84. The Morgan fingerprint density at radius 3 is 2.42 bits per heavy atom. The van der Waals surface area contributed by atoms with E-state index < -0.39 is 0 Å². The molecule has 1 aromatic rings. The molecule has 1 aliphatic carbocycles. The smallest absolute Gasteiger partial charge is 0.223 e. The van der Waals surface area contributed by atoms with Gasteiger partial charge in [0.2, 0.25) is 11.8 Å². The van der Waals surface area contributed by atoms with Gasteiger partial charge in [-0.25, -0.2) is 0 Å². The summed E-state index contributed by atoms with van der Waals surface area (Å²) in [5.41, 5.74) is 2.63. The lowest BCUT2D eigenvalue weighted by atomic mass is 9.77. The van der Waals surface area contributed by atoms with E-state index in [0.717, 1.165) is 64.7 Å². The highest BCUT2D eigenvalue weighted by Gasteiger charge is 2.44. The van der Waals surface area contributed by atoms with Crippen molar-refractivity contribution >= 4 is 11.8 Å². The van der Waals surface area contributed by atoms with Gasteiger partial charge in [0.25, 0.3) is 0 Å². The predicted molar refractivity (Wildman–Crippen MR) is 98.7 cm³/mol. The number of carbonyl (C=O) groups excluding carboxylic acids is 2. The molecule has 4 rings (SSSR count). The third kappa shape index (κ3) is 3.38. The van der Waals surface area contributed by atoms with Crippen LogP contribution in [0.1, 0.15) is 69.0 Å². The standard InChI is InChI=1S/C20H30N4O2/c25-17(23-11-3-1-2-4-12-23)6-7-18(26)24-13-5-9-20(15-24)10-8-16-14-21-22-19(16)20/h14H,1-13,15H2,(H,21,22). The van der Waals surface area contributed by atoms with Gasteiger partial charge in [-0.3, -0.25) is 14.7 Å². The monoisotopic (exact) mass is 358 g/mol. The average Bonchev–Trinajstić information content (AvgIpc) is 3.14. The van der Waals surface area contributed by atoms with Gasteiger partial charge in [-0.2, -0.15) is 5.10 Å². The van der Waals surface area contributed by atoms with Crippen LogP contribution >= 0.6 is 0 Å². The van der Waals surface area contributed by atoms with Crippen molar-refractivity contribution in [2.24, 2.45) is 0 Å². The summed E-state index contributed by atoms with van der Waals surface area (Å²) in [5.74, 6) is 0.295. The van der Waals surface area contributed by atoms with Crippen molar-refractivity contribution in [3.8, 4) is 0 Å². The van der Waals surface area contributed by atoms with E-state index in [9.17, 15) is 9.59 Å². The highest BCUT2D eigenvalue weighted by atomic mass is 16.2. The minimum atomic E-state index is 0.0640. The minimum absolute atomic E-state index is 0.0640. The van der Waals surface area contributed by atoms with Gasteiger partial charge in [-0.05, 0) is 44.1 Å². The molecule has 2 saturated heterocycles. The number of fused-ring (bicyclic) bond motifs is 2. The molecule has 1 unspecified atom stereocenters. The SMILES string of the molecule is O=C(CCC(=O)N1CCCC2(CCc3cn[nH]c32)C1)N1CCCCCC1. The van der Waals surface area contributed by atoms with Gasteiger partial charge < -0.3 is 9.80 Å². The lowest BCUT2D eigenvalue weighted by molar-refractivity contribution is -0.138. The Morgan fingerprint density at radius 1 is 0.962 bits per heavy atom. The van der Waals surface area contributed by atoms with Crippen LogP contribution in [-0.4, -0.2) is 58.0 Å². The predicted octanol–water partition coefficient (Wildman–Crippen LogP) is 2.40. The second kappa shape index (κ2) is 7.41. The first-order valence-corrected chi connectivity index (χ1v) is 10.3. The van der Waals surface area contributed by atoms with Crippen molar-refractivity contribution in [2.45, 2.75) is 69.6 Å². The zero-order chi connectivity index (χ0) is 18.0. The Labute approximate surface area is 155 Å². The summed E-state index contributed by atoms with van der Waals surface area (Å²) in [4.78, 5) is 29.2. The molecule has 3 aliphatic rings. The average molecular weight is 358 g/mol. The van der Waals surface area contributed by atoms with E-state index in [-0.39, 0.29) is 17.2 Å². The quantitative estimate of drug-likeness (QED) is 0.902. The Kier molecular flexibility index (Phi) is 5.00. The Bertz CT molecular complexity index is 663.